The van der Waals surface area contributed by atoms with E-state index in [1.54, 1.807) is 30.3 Å². The first kappa shape index (κ1) is 22.8. The Bertz CT molecular complexity index is 1060. The molecule has 0 radical (unpaired) electrons. The van der Waals surface area contributed by atoms with E-state index in [1.165, 1.54) is 0 Å². The van der Waals surface area contributed by atoms with Gasteiger partial charge in [-0.1, -0.05) is 47.5 Å². The first-order valence-electron chi connectivity index (χ1n) is 9.89. The van der Waals surface area contributed by atoms with E-state index in [1.807, 2.05) is 44.2 Å². The van der Waals surface area contributed by atoms with Crippen LogP contribution in [-0.4, -0.2) is 19.1 Å². The number of hydrogen-bond acceptors (Lipinski definition) is 4. The maximum absolute atomic E-state index is 12.2. The van der Waals surface area contributed by atoms with Gasteiger partial charge in [-0.15, -0.1) is 0 Å². The normalized spacial score (nSPS) is 10.5. The van der Waals surface area contributed by atoms with Crippen molar-refractivity contribution in [3.63, 3.8) is 0 Å². The molecule has 0 aliphatic rings. The molecule has 3 aromatic carbocycles. The van der Waals surface area contributed by atoms with Gasteiger partial charge in [0.25, 0.3) is 5.91 Å². The maximum atomic E-state index is 12.2. The van der Waals surface area contributed by atoms with Gasteiger partial charge in [0.15, 0.2) is 18.1 Å². The van der Waals surface area contributed by atoms with Crippen LogP contribution in [0, 0.1) is 6.92 Å². The molecule has 3 rings (SSSR count). The second-order valence-electron chi connectivity index (χ2n) is 6.80. The number of carbonyl (C=O) groups is 1. The molecule has 0 aliphatic carbocycles. The van der Waals surface area contributed by atoms with Gasteiger partial charge in [0.05, 0.1) is 17.3 Å². The molecule has 0 saturated heterocycles. The summed E-state index contributed by atoms with van der Waals surface area (Å²) in [5.74, 6) is 0.770. The number of ether oxygens (including phenoxy) is 2. The van der Waals surface area contributed by atoms with Crippen LogP contribution in [0.5, 0.6) is 11.5 Å². The van der Waals surface area contributed by atoms with Crippen molar-refractivity contribution in [1.82, 2.24) is 0 Å². The van der Waals surface area contributed by atoms with Crippen molar-refractivity contribution in [3.8, 4) is 11.5 Å². The van der Waals surface area contributed by atoms with Crippen molar-refractivity contribution in [1.29, 1.82) is 0 Å². The van der Waals surface area contributed by atoms with Gasteiger partial charge >= 0.3 is 0 Å². The van der Waals surface area contributed by atoms with Gasteiger partial charge in [0.2, 0.25) is 0 Å². The summed E-state index contributed by atoms with van der Waals surface area (Å²) in [4.78, 5) is 12.2. The highest BCUT2D eigenvalue weighted by molar-refractivity contribution is 6.33. The Balaban J connectivity index is 1.63. The Morgan fingerprint density at radius 3 is 2.42 bits per heavy atom. The highest BCUT2D eigenvalue weighted by atomic mass is 35.5. The molecule has 7 heteroatoms. The monoisotopic (exact) mass is 458 g/mol. The van der Waals surface area contributed by atoms with Crippen LogP contribution in [0.15, 0.2) is 60.7 Å². The van der Waals surface area contributed by atoms with Gasteiger partial charge in [0, 0.05) is 17.3 Å². The fourth-order valence-corrected chi connectivity index (χ4v) is 3.30. The number of benzene rings is 3. The number of halogens is 2. The SMILES string of the molecule is CCOc1cc(CNc2cccc(Cl)c2C)ccc1OCC(=O)Nc1ccccc1Cl. The highest BCUT2D eigenvalue weighted by Gasteiger charge is 2.11. The maximum Gasteiger partial charge on any atom is 0.262 e. The third-order valence-corrected chi connectivity index (χ3v) is 5.30. The Kier molecular flexibility index (Phi) is 8.04. The van der Waals surface area contributed by atoms with Crippen LogP contribution in [0.2, 0.25) is 10.0 Å². The lowest BCUT2D eigenvalue weighted by molar-refractivity contribution is -0.118. The first-order chi connectivity index (χ1) is 15.0. The molecule has 2 N–H and O–H groups in total. The molecule has 0 heterocycles. The topological polar surface area (TPSA) is 59.6 Å². The molecule has 3 aromatic rings. The Morgan fingerprint density at radius 1 is 0.903 bits per heavy atom. The van der Waals surface area contributed by atoms with Crippen LogP contribution in [0.4, 0.5) is 11.4 Å². The second-order valence-corrected chi connectivity index (χ2v) is 7.61. The molecule has 0 atom stereocenters. The van der Waals surface area contributed by atoms with Crippen LogP contribution in [-0.2, 0) is 11.3 Å². The average Bonchev–Trinajstić information content (AvgIpc) is 2.76. The number of anilines is 2. The minimum Gasteiger partial charge on any atom is -0.490 e. The lowest BCUT2D eigenvalue weighted by atomic mass is 10.1. The molecule has 0 saturated carbocycles. The molecule has 1 amide bonds. The van der Waals surface area contributed by atoms with Gasteiger partial charge in [-0.05, 0) is 61.4 Å². The molecular formula is C24H24Cl2N2O3. The predicted octanol–water partition coefficient (Wildman–Crippen LogP) is 6.33. The zero-order valence-corrected chi connectivity index (χ0v) is 18.9. The van der Waals surface area contributed by atoms with Crippen LogP contribution < -0.4 is 20.1 Å². The van der Waals surface area contributed by atoms with E-state index < -0.39 is 0 Å². The Morgan fingerprint density at radius 2 is 1.65 bits per heavy atom. The minimum absolute atomic E-state index is 0.162. The number of para-hydroxylation sites is 1. The van der Waals surface area contributed by atoms with Gasteiger partial charge < -0.3 is 20.1 Å². The fourth-order valence-electron chi connectivity index (χ4n) is 2.94. The van der Waals surface area contributed by atoms with Gasteiger partial charge in [-0.3, -0.25) is 4.79 Å². The lowest BCUT2D eigenvalue weighted by Gasteiger charge is -2.15. The van der Waals surface area contributed by atoms with E-state index in [4.69, 9.17) is 32.7 Å². The van der Waals surface area contributed by atoms with E-state index in [2.05, 4.69) is 10.6 Å². The lowest BCUT2D eigenvalue weighted by Crippen LogP contribution is -2.20. The van der Waals surface area contributed by atoms with Gasteiger partial charge in [-0.2, -0.15) is 0 Å². The van der Waals surface area contributed by atoms with Gasteiger partial charge in [0.1, 0.15) is 0 Å². The van der Waals surface area contributed by atoms with Crippen LogP contribution >= 0.6 is 23.2 Å². The smallest absolute Gasteiger partial charge is 0.262 e. The third kappa shape index (κ3) is 6.29. The molecule has 0 fully saturated rings. The number of rotatable bonds is 9. The van der Waals surface area contributed by atoms with E-state index in [-0.39, 0.29) is 12.5 Å². The summed E-state index contributed by atoms with van der Waals surface area (Å²) in [7, 11) is 0. The average molecular weight is 459 g/mol. The molecule has 0 aromatic heterocycles. The van der Waals surface area contributed by atoms with Crippen molar-refractivity contribution >= 4 is 40.5 Å². The number of nitrogens with one attached hydrogen (secondary N) is 2. The van der Waals surface area contributed by atoms with E-state index in [0.717, 1.165) is 21.8 Å². The standard InChI is InChI=1S/C24H24Cl2N2O3/c1-3-30-23-13-17(14-27-20-10-6-8-18(25)16(20)2)11-12-22(23)31-15-24(29)28-21-9-5-4-7-19(21)26/h4-13,27H,3,14-15H2,1-2H3,(H,28,29). The molecular weight excluding hydrogens is 435 g/mol. The van der Waals surface area contributed by atoms with Crippen LogP contribution in [0.25, 0.3) is 0 Å². The van der Waals surface area contributed by atoms with Crippen LogP contribution in [0.3, 0.4) is 0 Å². The number of hydrogen-bond donors (Lipinski definition) is 2. The van der Waals surface area contributed by atoms with Gasteiger partial charge in [-0.25, -0.2) is 0 Å². The number of amides is 1. The molecule has 5 nitrogen and oxygen atoms in total. The molecule has 0 bridgehead atoms. The zero-order valence-electron chi connectivity index (χ0n) is 17.4. The molecule has 162 valence electrons. The minimum atomic E-state index is -0.308. The van der Waals surface area contributed by atoms with E-state index >= 15 is 0 Å². The Labute approximate surface area is 192 Å². The Hall–Kier alpha value is -2.89. The largest absolute Gasteiger partial charge is 0.490 e. The summed E-state index contributed by atoms with van der Waals surface area (Å²) >= 11 is 12.3. The van der Waals surface area contributed by atoms with Crippen molar-refractivity contribution < 1.29 is 14.3 Å². The summed E-state index contributed by atoms with van der Waals surface area (Å²) < 4.78 is 11.4. The first-order valence-corrected chi connectivity index (χ1v) is 10.7. The third-order valence-electron chi connectivity index (χ3n) is 4.57. The summed E-state index contributed by atoms with van der Waals surface area (Å²) in [5, 5.41) is 7.31. The molecule has 0 unspecified atom stereocenters. The summed E-state index contributed by atoms with van der Waals surface area (Å²) in [6.07, 6.45) is 0. The van der Waals surface area contributed by atoms with Crippen LogP contribution in [0.1, 0.15) is 18.1 Å². The van der Waals surface area contributed by atoms with E-state index in [0.29, 0.717) is 35.4 Å². The van der Waals surface area contributed by atoms with Crippen molar-refractivity contribution in [2.45, 2.75) is 20.4 Å². The quantitative estimate of drug-likeness (QED) is 0.393. The molecule has 0 aliphatic heterocycles. The highest BCUT2D eigenvalue weighted by Crippen LogP contribution is 2.30. The van der Waals surface area contributed by atoms with Crippen molar-refractivity contribution in [3.05, 3.63) is 81.8 Å². The molecule has 31 heavy (non-hydrogen) atoms. The zero-order chi connectivity index (χ0) is 22.2. The van der Waals surface area contributed by atoms with Crippen molar-refractivity contribution in [2.24, 2.45) is 0 Å². The predicted molar refractivity (Wildman–Crippen MR) is 127 cm³/mol. The number of carbonyl (C=O) groups excluding carboxylic acids is 1. The van der Waals surface area contributed by atoms with E-state index in [9.17, 15) is 4.79 Å². The fraction of sp³-hybridized carbons (Fsp3) is 0.208. The summed E-state index contributed by atoms with van der Waals surface area (Å²) in [6.45, 7) is 4.78. The summed E-state index contributed by atoms with van der Waals surface area (Å²) in [6, 6.07) is 18.4. The van der Waals surface area contributed by atoms with Crippen molar-refractivity contribution in [2.75, 3.05) is 23.8 Å². The molecule has 0 spiro atoms. The summed E-state index contributed by atoms with van der Waals surface area (Å²) in [5.41, 5.74) is 3.52. The second kappa shape index (κ2) is 10.9.